The van der Waals surface area contributed by atoms with Crippen molar-refractivity contribution in [3.63, 3.8) is 0 Å². The lowest BCUT2D eigenvalue weighted by atomic mass is 9.82. The molecule has 0 atom stereocenters. The summed E-state index contributed by atoms with van der Waals surface area (Å²) in [4.78, 5) is 17.3. The zero-order chi connectivity index (χ0) is 18.7. The lowest BCUT2D eigenvalue weighted by Crippen LogP contribution is -2.45. The fraction of sp³-hybridized carbons (Fsp3) is 0.600. The average Bonchev–Trinajstić information content (AvgIpc) is 2.49. The summed E-state index contributed by atoms with van der Waals surface area (Å²) in [5, 5.41) is 7.03. The van der Waals surface area contributed by atoms with E-state index in [0.29, 0.717) is 0 Å². The molecule has 0 spiro atoms. The molecule has 2 rings (SSSR count). The number of methoxy groups -OCH3 is 1. The molecule has 25 heavy (non-hydrogen) atoms. The second kappa shape index (κ2) is 7.46. The number of nitrogens with zero attached hydrogens (tertiary/aromatic N) is 1. The van der Waals surface area contributed by atoms with E-state index in [1.165, 1.54) is 5.56 Å². The van der Waals surface area contributed by atoms with E-state index in [1.54, 1.807) is 7.11 Å². The van der Waals surface area contributed by atoms with E-state index in [0.717, 1.165) is 42.7 Å². The lowest BCUT2D eigenvalue weighted by Gasteiger charge is -2.32. The van der Waals surface area contributed by atoms with E-state index in [2.05, 4.69) is 31.2 Å². The maximum atomic E-state index is 12.1. The van der Waals surface area contributed by atoms with Crippen molar-refractivity contribution in [3.05, 3.63) is 29.3 Å². The largest absolute Gasteiger partial charge is 0.497 e. The molecule has 5 nitrogen and oxygen atoms in total. The van der Waals surface area contributed by atoms with E-state index in [4.69, 9.17) is 9.57 Å². The zero-order valence-electron chi connectivity index (χ0n) is 16.2. The average molecular weight is 346 g/mol. The van der Waals surface area contributed by atoms with Gasteiger partial charge >= 0.3 is 6.09 Å². The second-order valence-electron chi connectivity index (χ2n) is 8.54. The van der Waals surface area contributed by atoms with Gasteiger partial charge in [-0.05, 0) is 68.7 Å². The van der Waals surface area contributed by atoms with Crippen molar-refractivity contribution in [1.82, 2.24) is 5.32 Å². The molecular weight excluding hydrogens is 316 g/mol. The highest BCUT2D eigenvalue weighted by molar-refractivity contribution is 6.02. The minimum atomic E-state index is -0.512. The van der Waals surface area contributed by atoms with Crippen LogP contribution in [0.5, 0.6) is 5.75 Å². The third-order valence-electron chi connectivity index (χ3n) is 4.13. The summed E-state index contributed by atoms with van der Waals surface area (Å²) in [6, 6.07) is 5.92. The van der Waals surface area contributed by atoms with Crippen molar-refractivity contribution in [1.29, 1.82) is 0 Å². The fourth-order valence-corrected chi connectivity index (χ4v) is 3.63. The number of carbonyl (C=O) groups is 1. The SMILES string of the molecule is COc1ccc2c(c1)CCCC2=NOC(=O)NC(C)(C)CC(C)(C)C. The molecule has 1 aromatic rings. The van der Waals surface area contributed by atoms with Crippen molar-refractivity contribution in [2.75, 3.05) is 7.11 Å². The first-order valence-corrected chi connectivity index (χ1v) is 8.83. The summed E-state index contributed by atoms with van der Waals surface area (Å²) in [6.07, 6.45) is 3.10. The molecule has 138 valence electrons. The van der Waals surface area contributed by atoms with Crippen LogP contribution in [0.2, 0.25) is 0 Å². The Morgan fingerprint density at radius 3 is 2.56 bits per heavy atom. The highest BCUT2D eigenvalue weighted by Gasteiger charge is 2.28. The number of ether oxygens (including phenoxy) is 1. The summed E-state index contributed by atoms with van der Waals surface area (Å²) in [5.74, 6) is 0.836. The van der Waals surface area contributed by atoms with Crippen molar-refractivity contribution >= 4 is 11.8 Å². The Bertz CT molecular complexity index is 657. The van der Waals surface area contributed by atoms with Crippen LogP contribution in [-0.4, -0.2) is 24.5 Å². The van der Waals surface area contributed by atoms with Crippen LogP contribution in [0.3, 0.4) is 0 Å². The molecular formula is C20H30N2O3. The summed E-state index contributed by atoms with van der Waals surface area (Å²) >= 11 is 0. The fourth-order valence-electron chi connectivity index (χ4n) is 3.63. The Hall–Kier alpha value is -2.04. The molecule has 1 amide bonds. The summed E-state index contributed by atoms with van der Waals surface area (Å²) < 4.78 is 5.27. The molecule has 0 bridgehead atoms. The third kappa shape index (κ3) is 5.76. The molecule has 0 saturated carbocycles. The summed E-state index contributed by atoms with van der Waals surface area (Å²) in [6.45, 7) is 10.4. The number of nitrogens with one attached hydrogen (secondary N) is 1. The Morgan fingerprint density at radius 2 is 1.92 bits per heavy atom. The van der Waals surface area contributed by atoms with Gasteiger partial charge in [-0.15, -0.1) is 0 Å². The molecule has 0 heterocycles. The van der Waals surface area contributed by atoms with Crippen molar-refractivity contribution in [2.24, 2.45) is 10.6 Å². The normalized spacial score (nSPS) is 16.3. The van der Waals surface area contributed by atoms with Gasteiger partial charge in [0.15, 0.2) is 0 Å². The van der Waals surface area contributed by atoms with Gasteiger partial charge in [0.25, 0.3) is 0 Å². The van der Waals surface area contributed by atoms with Crippen LogP contribution in [0.25, 0.3) is 0 Å². The second-order valence-corrected chi connectivity index (χ2v) is 8.54. The van der Waals surface area contributed by atoms with Crippen molar-refractivity contribution in [3.8, 4) is 5.75 Å². The maximum Gasteiger partial charge on any atom is 0.433 e. The molecule has 0 aliphatic heterocycles. The number of benzene rings is 1. The number of oxime groups is 1. The van der Waals surface area contributed by atoms with E-state index >= 15 is 0 Å². The number of carbonyl (C=O) groups excluding carboxylic acids is 1. The third-order valence-corrected chi connectivity index (χ3v) is 4.13. The highest BCUT2D eigenvalue weighted by atomic mass is 16.7. The zero-order valence-corrected chi connectivity index (χ0v) is 16.2. The van der Waals surface area contributed by atoms with Crippen LogP contribution in [-0.2, 0) is 11.3 Å². The summed E-state index contributed by atoms with van der Waals surface area (Å²) in [7, 11) is 1.66. The Labute approximate surface area is 150 Å². The topological polar surface area (TPSA) is 59.9 Å². The van der Waals surface area contributed by atoms with Crippen LogP contribution >= 0.6 is 0 Å². The van der Waals surface area contributed by atoms with Gasteiger partial charge < -0.3 is 10.1 Å². The molecule has 0 unspecified atom stereocenters. The first kappa shape index (κ1) is 19.3. The van der Waals surface area contributed by atoms with Gasteiger partial charge in [-0.3, -0.25) is 4.84 Å². The molecule has 0 fully saturated rings. The molecule has 5 heteroatoms. The predicted octanol–water partition coefficient (Wildman–Crippen LogP) is 4.68. The van der Waals surface area contributed by atoms with Gasteiger partial charge in [-0.1, -0.05) is 25.9 Å². The van der Waals surface area contributed by atoms with Gasteiger partial charge in [0.2, 0.25) is 0 Å². The Kier molecular flexibility index (Phi) is 5.76. The van der Waals surface area contributed by atoms with Crippen LogP contribution in [0.1, 0.15) is 65.0 Å². The van der Waals surface area contributed by atoms with Gasteiger partial charge in [0, 0.05) is 11.1 Å². The molecule has 0 radical (unpaired) electrons. The van der Waals surface area contributed by atoms with Crippen LogP contribution in [0.4, 0.5) is 4.79 Å². The number of hydrogen-bond acceptors (Lipinski definition) is 4. The van der Waals surface area contributed by atoms with E-state index in [-0.39, 0.29) is 11.0 Å². The van der Waals surface area contributed by atoms with Gasteiger partial charge in [0.1, 0.15) is 5.75 Å². The number of hydrogen-bond donors (Lipinski definition) is 1. The smallest absolute Gasteiger partial charge is 0.433 e. The number of amides is 1. The van der Waals surface area contributed by atoms with Crippen LogP contribution in [0, 0.1) is 5.41 Å². The maximum absolute atomic E-state index is 12.1. The van der Waals surface area contributed by atoms with E-state index < -0.39 is 6.09 Å². The molecule has 1 aliphatic carbocycles. The standard InChI is InChI=1S/C20H30N2O3/c1-19(2,3)13-20(4,5)21-18(23)25-22-17-9-7-8-14-12-15(24-6)10-11-16(14)17/h10-12H,7-9,13H2,1-6H3,(H,21,23). The molecule has 1 N–H and O–H groups in total. The molecule has 0 saturated heterocycles. The molecule has 0 aromatic heterocycles. The van der Waals surface area contributed by atoms with E-state index in [1.807, 2.05) is 32.0 Å². The number of rotatable bonds is 4. The number of aryl methyl sites for hydroxylation is 1. The Balaban J connectivity index is 2.04. The Morgan fingerprint density at radius 1 is 1.20 bits per heavy atom. The highest BCUT2D eigenvalue weighted by Crippen LogP contribution is 2.27. The number of fused-ring (bicyclic) bond motifs is 1. The predicted molar refractivity (Wildman–Crippen MR) is 100 cm³/mol. The van der Waals surface area contributed by atoms with Crippen LogP contribution in [0.15, 0.2) is 23.4 Å². The lowest BCUT2D eigenvalue weighted by molar-refractivity contribution is 0.132. The van der Waals surface area contributed by atoms with Crippen molar-refractivity contribution < 1.29 is 14.4 Å². The summed E-state index contributed by atoms with van der Waals surface area (Å²) in [5.41, 5.74) is 2.79. The van der Waals surface area contributed by atoms with Gasteiger partial charge in [-0.25, -0.2) is 4.79 Å². The van der Waals surface area contributed by atoms with Crippen LogP contribution < -0.4 is 10.1 Å². The first-order valence-electron chi connectivity index (χ1n) is 8.83. The molecule has 1 aromatic carbocycles. The minimum absolute atomic E-state index is 0.115. The van der Waals surface area contributed by atoms with Gasteiger partial charge in [0.05, 0.1) is 12.8 Å². The van der Waals surface area contributed by atoms with E-state index in [9.17, 15) is 4.79 Å². The first-order chi connectivity index (χ1) is 11.6. The minimum Gasteiger partial charge on any atom is -0.497 e. The molecule has 1 aliphatic rings. The monoisotopic (exact) mass is 346 g/mol. The quantitative estimate of drug-likeness (QED) is 0.636. The van der Waals surface area contributed by atoms with Crippen molar-refractivity contribution in [2.45, 2.75) is 65.8 Å². The van der Waals surface area contributed by atoms with Gasteiger partial charge in [-0.2, -0.15) is 0 Å².